The molecule has 0 bridgehead atoms. The zero-order chi connectivity index (χ0) is 8.27. The third kappa shape index (κ3) is 1.74. The van der Waals surface area contributed by atoms with Crippen LogP contribution in [0.2, 0.25) is 0 Å². The van der Waals surface area contributed by atoms with Gasteiger partial charge in [0.1, 0.15) is 0 Å². The van der Waals surface area contributed by atoms with Gasteiger partial charge in [-0.1, -0.05) is 20.4 Å². The highest BCUT2D eigenvalue weighted by Gasteiger charge is 2.06. The molecule has 0 aliphatic rings. The summed E-state index contributed by atoms with van der Waals surface area (Å²) >= 11 is 0. The molecule has 3 heteroatoms. The van der Waals surface area contributed by atoms with Crippen molar-refractivity contribution >= 4 is 5.82 Å². The molecule has 1 heterocycles. The summed E-state index contributed by atoms with van der Waals surface area (Å²) in [5.41, 5.74) is 0. The molecule has 3 nitrogen and oxygen atoms in total. The molecule has 1 rings (SSSR count). The van der Waals surface area contributed by atoms with Crippen LogP contribution in [0.1, 0.15) is 25.6 Å². The minimum atomic E-state index is 0.289. The Kier molecular flexibility index (Phi) is 2.17. The lowest BCUT2D eigenvalue weighted by atomic mass is 10.2. The standard InChI is InChI=1S/C8H9N3/c1-6(2)8-10-5-4-7(9-3)11-8/h4-6H,1-2H3. The van der Waals surface area contributed by atoms with Crippen LogP contribution >= 0.6 is 0 Å². The fraction of sp³-hybridized carbons (Fsp3) is 0.375. The van der Waals surface area contributed by atoms with Crippen LogP contribution in [0.5, 0.6) is 0 Å². The van der Waals surface area contributed by atoms with E-state index in [1.165, 1.54) is 0 Å². The molecule has 11 heavy (non-hydrogen) atoms. The van der Waals surface area contributed by atoms with Gasteiger partial charge in [-0.3, -0.25) is 0 Å². The fourth-order valence-corrected chi connectivity index (χ4v) is 0.704. The van der Waals surface area contributed by atoms with Crippen molar-refractivity contribution in [2.45, 2.75) is 19.8 Å². The second-order valence-electron chi connectivity index (χ2n) is 2.54. The lowest BCUT2D eigenvalue weighted by molar-refractivity contribution is 0.777. The summed E-state index contributed by atoms with van der Waals surface area (Å²) in [5, 5.41) is 0. The molecule has 0 fully saturated rings. The highest BCUT2D eigenvalue weighted by atomic mass is 15.0. The minimum absolute atomic E-state index is 0.289. The summed E-state index contributed by atoms with van der Waals surface area (Å²) in [6.07, 6.45) is 1.62. The van der Waals surface area contributed by atoms with Crippen LogP contribution < -0.4 is 0 Å². The molecule has 0 unspecified atom stereocenters. The Balaban J connectivity index is 3.03. The molecular formula is C8H9N3. The van der Waals surface area contributed by atoms with Gasteiger partial charge in [0.2, 0.25) is 5.82 Å². The van der Waals surface area contributed by atoms with Gasteiger partial charge in [0.05, 0.1) is 0 Å². The number of nitrogens with zero attached hydrogens (tertiary/aromatic N) is 3. The zero-order valence-corrected chi connectivity index (χ0v) is 6.57. The highest BCUT2D eigenvalue weighted by molar-refractivity contribution is 5.33. The Morgan fingerprint density at radius 1 is 1.55 bits per heavy atom. The average molecular weight is 147 g/mol. The molecule has 0 saturated heterocycles. The van der Waals surface area contributed by atoms with Crippen LogP contribution in [0.3, 0.4) is 0 Å². The monoisotopic (exact) mass is 147 g/mol. The Bertz CT molecular complexity index is 286. The normalized spacial score (nSPS) is 9.64. The number of aromatic nitrogens is 2. The van der Waals surface area contributed by atoms with Crippen LogP contribution in [-0.4, -0.2) is 9.97 Å². The van der Waals surface area contributed by atoms with Gasteiger partial charge in [0, 0.05) is 12.1 Å². The van der Waals surface area contributed by atoms with Crippen molar-refractivity contribution in [2.75, 3.05) is 0 Å². The molecule has 0 radical (unpaired) electrons. The molecule has 0 saturated carbocycles. The van der Waals surface area contributed by atoms with Crippen molar-refractivity contribution in [3.8, 4) is 0 Å². The molecule has 0 atom stereocenters. The van der Waals surface area contributed by atoms with Crippen molar-refractivity contribution in [3.63, 3.8) is 0 Å². The third-order valence-electron chi connectivity index (χ3n) is 1.29. The van der Waals surface area contributed by atoms with Gasteiger partial charge in [0.15, 0.2) is 0 Å². The largest absolute Gasteiger partial charge is 0.361 e. The summed E-state index contributed by atoms with van der Waals surface area (Å²) < 4.78 is 0. The van der Waals surface area contributed by atoms with E-state index in [1.807, 2.05) is 13.8 Å². The van der Waals surface area contributed by atoms with Crippen molar-refractivity contribution in [2.24, 2.45) is 0 Å². The van der Waals surface area contributed by atoms with Gasteiger partial charge in [-0.2, -0.15) is 0 Å². The maximum Gasteiger partial charge on any atom is 0.273 e. The molecule has 0 aliphatic heterocycles. The Morgan fingerprint density at radius 3 is 2.82 bits per heavy atom. The summed E-state index contributed by atoms with van der Waals surface area (Å²) in [7, 11) is 0. The van der Waals surface area contributed by atoms with E-state index in [-0.39, 0.29) is 5.92 Å². The summed E-state index contributed by atoms with van der Waals surface area (Å²) in [5.74, 6) is 1.44. The van der Waals surface area contributed by atoms with Gasteiger partial charge < -0.3 is 4.85 Å². The predicted octanol–water partition coefficient (Wildman–Crippen LogP) is 2.15. The van der Waals surface area contributed by atoms with Gasteiger partial charge in [-0.05, 0) is 6.07 Å². The van der Waals surface area contributed by atoms with E-state index < -0.39 is 0 Å². The van der Waals surface area contributed by atoms with Crippen LogP contribution in [0.25, 0.3) is 4.85 Å². The van der Waals surface area contributed by atoms with Crippen LogP contribution in [0, 0.1) is 6.57 Å². The SMILES string of the molecule is [C-]#[N+]c1ccnc(C(C)C)n1. The Morgan fingerprint density at radius 2 is 2.27 bits per heavy atom. The number of hydrogen-bond acceptors (Lipinski definition) is 2. The first-order chi connectivity index (χ1) is 5.24. The number of rotatable bonds is 1. The summed E-state index contributed by atoms with van der Waals surface area (Å²) in [6, 6.07) is 1.61. The molecule has 0 aliphatic carbocycles. The molecule has 1 aromatic rings. The van der Waals surface area contributed by atoms with Crippen molar-refractivity contribution in [3.05, 3.63) is 29.5 Å². The van der Waals surface area contributed by atoms with Gasteiger partial charge in [0.25, 0.3) is 5.82 Å². The Hall–Kier alpha value is -1.43. The Labute approximate surface area is 65.9 Å². The highest BCUT2D eigenvalue weighted by Crippen LogP contribution is 2.12. The molecule has 0 aromatic carbocycles. The second-order valence-corrected chi connectivity index (χ2v) is 2.54. The predicted molar refractivity (Wildman–Crippen MR) is 42.4 cm³/mol. The maximum atomic E-state index is 6.72. The van der Waals surface area contributed by atoms with E-state index in [0.717, 1.165) is 5.82 Å². The van der Waals surface area contributed by atoms with Crippen molar-refractivity contribution < 1.29 is 0 Å². The quantitative estimate of drug-likeness (QED) is 0.570. The van der Waals surface area contributed by atoms with E-state index in [0.29, 0.717) is 5.82 Å². The first-order valence-electron chi connectivity index (χ1n) is 3.44. The van der Waals surface area contributed by atoms with Crippen LogP contribution in [0.4, 0.5) is 5.82 Å². The van der Waals surface area contributed by atoms with Crippen LogP contribution in [0.15, 0.2) is 12.3 Å². The lowest BCUT2D eigenvalue weighted by Gasteiger charge is -1.96. The zero-order valence-electron chi connectivity index (χ0n) is 6.57. The fourth-order valence-electron chi connectivity index (χ4n) is 0.704. The van der Waals surface area contributed by atoms with Crippen molar-refractivity contribution in [1.29, 1.82) is 0 Å². The summed E-state index contributed by atoms with van der Waals surface area (Å²) in [4.78, 5) is 11.3. The first kappa shape index (κ1) is 7.67. The number of hydrogen-bond donors (Lipinski definition) is 0. The van der Waals surface area contributed by atoms with E-state index in [1.54, 1.807) is 12.3 Å². The van der Waals surface area contributed by atoms with Gasteiger partial charge >= 0.3 is 0 Å². The molecule has 56 valence electrons. The molecule has 0 amide bonds. The smallest absolute Gasteiger partial charge is 0.273 e. The van der Waals surface area contributed by atoms with Crippen LogP contribution in [-0.2, 0) is 0 Å². The minimum Gasteiger partial charge on any atom is -0.361 e. The molecule has 0 spiro atoms. The average Bonchev–Trinajstić information content (AvgIpc) is 2.05. The van der Waals surface area contributed by atoms with E-state index in [2.05, 4.69) is 14.8 Å². The van der Waals surface area contributed by atoms with Crippen molar-refractivity contribution in [1.82, 2.24) is 9.97 Å². The lowest BCUT2D eigenvalue weighted by Crippen LogP contribution is -1.94. The van der Waals surface area contributed by atoms with E-state index >= 15 is 0 Å². The first-order valence-corrected chi connectivity index (χ1v) is 3.44. The maximum absolute atomic E-state index is 6.72. The van der Waals surface area contributed by atoms with E-state index in [4.69, 9.17) is 6.57 Å². The molecular weight excluding hydrogens is 138 g/mol. The van der Waals surface area contributed by atoms with Gasteiger partial charge in [-0.25, -0.2) is 4.98 Å². The van der Waals surface area contributed by atoms with Gasteiger partial charge in [-0.15, -0.1) is 4.98 Å². The molecule has 1 aromatic heterocycles. The molecule has 0 N–H and O–H groups in total. The van der Waals surface area contributed by atoms with E-state index in [9.17, 15) is 0 Å². The summed E-state index contributed by atoms with van der Waals surface area (Å²) in [6.45, 7) is 10.7. The third-order valence-corrected chi connectivity index (χ3v) is 1.29. The second kappa shape index (κ2) is 3.11. The topological polar surface area (TPSA) is 30.1 Å².